The molecule has 2 heteroatoms. The van der Waals surface area contributed by atoms with Crippen molar-refractivity contribution >= 4 is 0 Å². The van der Waals surface area contributed by atoms with E-state index in [1.54, 1.807) is 11.1 Å². The van der Waals surface area contributed by atoms with Crippen molar-refractivity contribution in [3.05, 3.63) is 34.9 Å². The van der Waals surface area contributed by atoms with E-state index in [1.807, 2.05) is 0 Å². The summed E-state index contributed by atoms with van der Waals surface area (Å²) in [5, 5.41) is 12.8. The summed E-state index contributed by atoms with van der Waals surface area (Å²) in [6.07, 6.45) is 5.18. The molecule has 1 aliphatic rings. The lowest BCUT2D eigenvalue weighted by molar-refractivity contribution is 0.186. The molecule has 1 aromatic rings. The number of benzene rings is 1. The van der Waals surface area contributed by atoms with Gasteiger partial charge in [0.15, 0.2) is 0 Å². The second-order valence-corrected chi connectivity index (χ2v) is 6.13. The first kappa shape index (κ1) is 14.5. The number of aliphatic hydroxyl groups excluding tert-OH is 1. The van der Waals surface area contributed by atoms with Crippen molar-refractivity contribution in [1.82, 2.24) is 5.32 Å². The zero-order valence-corrected chi connectivity index (χ0v) is 12.3. The Hall–Kier alpha value is -0.860. The molecule has 0 aliphatic heterocycles. The van der Waals surface area contributed by atoms with Crippen LogP contribution in [0, 0.1) is 11.8 Å². The van der Waals surface area contributed by atoms with Crippen molar-refractivity contribution in [2.45, 2.75) is 46.1 Å². The van der Waals surface area contributed by atoms with Crippen LogP contribution in [0.3, 0.4) is 0 Å². The largest absolute Gasteiger partial charge is 0.396 e. The van der Waals surface area contributed by atoms with Gasteiger partial charge in [0.25, 0.3) is 0 Å². The molecule has 106 valence electrons. The third-order valence-corrected chi connectivity index (χ3v) is 4.33. The van der Waals surface area contributed by atoms with Crippen LogP contribution in [0.1, 0.15) is 43.4 Å². The predicted octanol–water partition coefficient (Wildman–Crippen LogP) is 2.92. The zero-order valence-electron chi connectivity index (χ0n) is 12.3. The van der Waals surface area contributed by atoms with Crippen molar-refractivity contribution in [2.75, 3.05) is 13.2 Å². The van der Waals surface area contributed by atoms with Gasteiger partial charge < -0.3 is 10.4 Å². The summed E-state index contributed by atoms with van der Waals surface area (Å²) in [5.41, 5.74) is 4.47. The maximum atomic E-state index is 9.31. The van der Waals surface area contributed by atoms with E-state index >= 15 is 0 Å². The Morgan fingerprint density at radius 1 is 1.16 bits per heavy atom. The molecule has 0 spiro atoms. The van der Waals surface area contributed by atoms with Crippen molar-refractivity contribution < 1.29 is 5.11 Å². The quantitative estimate of drug-likeness (QED) is 0.825. The smallest absolute Gasteiger partial charge is 0.0473 e. The fraction of sp³-hybridized carbons (Fsp3) is 0.647. The van der Waals surface area contributed by atoms with Gasteiger partial charge in [0.2, 0.25) is 0 Å². The fourth-order valence-electron chi connectivity index (χ4n) is 2.81. The molecule has 19 heavy (non-hydrogen) atoms. The highest BCUT2D eigenvalue weighted by molar-refractivity contribution is 5.33. The maximum Gasteiger partial charge on any atom is 0.0473 e. The first-order valence-electron chi connectivity index (χ1n) is 7.63. The molecule has 1 unspecified atom stereocenters. The maximum absolute atomic E-state index is 9.31. The molecule has 0 heterocycles. The van der Waals surface area contributed by atoms with Crippen molar-refractivity contribution in [3.63, 3.8) is 0 Å². The molecular weight excluding hydrogens is 234 g/mol. The molecule has 0 bridgehead atoms. The third kappa shape index (κ3) is 4.05. The van der Waals surface area contributed by atoms with Gasteiger partial charge in [-0.2, -0.15) is 0 Å². The zero-order chi connectivity index (χ0) is 13.7. The number of aryl methyl sites for hydroxylation is 2. The topological polar surface area (TPSA) is 32.3 Å². The van der Waals surface area contributed by atoms with Gasteiger partial charge in [0.05, 0.1) is 0 Å². The van der Waals surface area contributed by atoms with Crippen LogP contribution in [0.5, 0.6) is 0 Å². The first-order valence-corrected chi connectivity index (χ1v) is 7.63. The molecule has 1 atom stereocenters. The molecule has 2 N–H and O–H groups in total. The Kier molecular flexibility index (Phi) is 5.41. The summed E-state index contributed by atoms with van der Waals surface area (Å²) in [4.78, 5) is 0. The predicted molar refractivity (Wildman–Crippen MR) is 80.2 cm³/mol. The Bertz CT molecular complexity index is 400. The molecule has 2 rings (SSSR count). The Labute approximate surface area is 117 Å². The molecule has 0 saturated carbocycles. The normalized spacial score (nSPS) is 16.4. The van der Waals surface area contributed by atoms with Crippen molar-refractivity contribution in [2.24, 2.45) is 11.8 Å². The lowest BCUT2D eigenvalue weighted by atomic mass is 9.90. The van der Waals surface area contributed by atoms with Crippen LogP contribution in [0.25, 0.3) is 0 Å². The molecule has 0 radical (unpaired) electrons. The summed E-state index contributed by atoms with van der Waals surface area (Å²) in [7, 11) is 0. The highest BCUT2D eigenvalue weighted by Gasteiger charge is 2.12. The Balaban J connectivity index is 1.86. The fourth-order valence-corrected chi connectivity index (χ4v) is 2.81. The second kappa shape index (κ2) is 7.06. The molecule has 1 aliphatic carbocycles. The SMILES string of the molecule is CC(C)C(CO)CNCc1ccc2c(c1)CCCC2. The van der Waals surface area contributed by atoms with Crippen molar-refractivity contribution in [1.29, 1.82) is 0 Å². The van der Waals surface area contributed by atoms with Gasteiger partial charge in [-0.25, -0.2) is 0 Å². The third-order valence-electron chi connectivity index (χ3n) is 4.33. The summed E-state index contributed by atoms with van der Waals surface area (Å²) in [5.74, 6) is 0.888. The first-order chi connectivity index (χ1) is 9.20. The monoisotopic (exact) mass is 261 g/mol. The molecule has 1 aromatic carbocycles. The molecular formula is C17H27NO. The summed E-state index contributed by atoms with van der Waals surface area (Å²) >= 11 is 0. The molecule has 0 saturated heterocycles. The van der Waals surface area contributed by atoms with E-state index in [-0.39, 0.29) is 6.61 Å². The molecule has 2 nitrogen and oxygen atoms in total. The molecule has 0 fully saturated rings. The van der Waals surface area contributed by atoms with Gasteiger partial charge in [0.1, 0.15) is 0 Å². The number of rotatable bonds is 6. The van der Waals surface area contributed by atoms with Gasteiger partial charge in [0, 0.05) is 19.7 Å². The summed E-state index contributed by atoms with van der Waals surface area (Å²) < 4.78 is 0. The highest BCUT2D eigenvalue weighted by Crippen LogP contribution is 2.22. The lowest BCUT2D eigenvalue weighted by Gasteiger charge is -2.20. The minimum Gasteiger partial charge on any atom is -0.396 e. The Morgan fingerprint density at radius 3 is 2.58 bits per heavy atom. The van der Waals surface area contributed by atoms with Gasteiger partial charge in [-0.3, -0.25) is 0 Å². The van der Waals surface area contributed by atoms with Crippen LogP contribution in [0.15, 0.2) is 18.2 Å². The van der Waals surface area contributed by atoms with E-state index in [1.165, 1.54) is 31.2 Å². The van der Waals surface area contributed by atoms with Gasteiger partial charge in [-0.15, -0.1) is 0 Å². The molecule has 0 amide bonds. The van der Waals surface area contributed by atoms with Crippen LogP contribution >= 0.6 is 0 Å². The summed E-state index contributed by atoms with van der Waals surface area (Å²) in [6, 6.07) is 6.92. The number of hydrogen-bond acceptors (Lipinski definition) is 2. The number of fused-ring (bicyclic) bond motifs is 1. The number of nitrogens with one attached hydrogen (secondary N) is 1. The van der Waals surface area contributed by atoms with E-state index < -0.39 is 0 Å². The van der Waals surface area contributed by atoms with Crippen LogP contribution in [-0.2, 0) is 19.4 Å². The van der Waals surface area contributed by atoms with Crippen LogP contribution < -0.4 is 5.32 Å². The second-order valence-electron chi connectivity index (χ2n) is 6.13. The van der Waals surface area contributed by atoms with E-state index in [4.69, 9.17) is 0 Å². The minimum absolute atomic E-state index is 0.273. The molecule has 0 aromatic heterocycles. The average Bonchev–Trinajstić information content (AvgIpc) is 2.43. The summed E-state index contributed by atoms with van der Waals surface area (Å²) in [6.45, 7) is 6.42. The highest BCUT2D eigenvalue weighted by atomic mass is 16.3. The van der Waals surface area contributed by atoms with Gasteiger partial charge in [-0.1, -0.05) is 32.0 Å². The standard InChI is InChI=1S/C17H27NO/c1-13(2)17(12-19)11-18-10-14-7-8-15-5-3-4-6-16(15)9-14/h7-9,13,17-19H,3-6,10-12H2,1-2H3. The number of hydrogen-bond donors (Lipinski definition) is 2. The minimum atomic E-state index is 0.273. The van der Waals surface area contributed by atoms with Crippen LogP contribution in [-0.4, -0.2) is 18.3 Å². The van der Waals surface area contributed by atoms with Gasteiger partial charge >= 0.3 is 0 Å². The van der Waals surface area contributed by atoms with E-state index in [9.17, 15) is 5.11 Å². The van der Waals surface area contributed by atoms with Crippen LogP contribution in [0.4, 0.5) is 0 Å². The van der Waals surface area contributed by atoms with Gasteiger partial charge in [-0.05, 0) is 54.2 Å². The van der Waals surface area contributed by atoms with Crippen molar-refractivity contribution in [3.8, 4) is 0 Å². The van der Waals surface area contributed by atoms with E-state index in [0.717, 1.165) is 13.1 Å². The lowest BCUT2D eigenvalue weighted by Crippen LogP contribution is -2.28. The van der Waals surface area contributed by atoms with Crippen LogP contribution in [0.2, 0.25) is 0 Å². The van der Waals surface area contributed by atoms with E-state index in [2.05, 4.69) is 37.4 Å². The Morgan fingerprint density at radius 2 is 1.89 bits per heavy atom. The number of aliphatic hydroxyl groups is 1. The average molecular weight is 261 g/mol. The van der Waals surface area contributed by atoms with E-state index in [0.29, 0.717) is 11.8 Å².